The monoisotopic (exact) mass is 264 g/mol. The van der Waals surface area contributed by atoms with E-state index in [0.717, 1.165) is 24.1 Å². The first-order chi connectivity index (χ1) is 8.60. The van der Waals surface area contributed by atoms with E-state index in [1.807, 2.05) is 0 Å². The predicted octanol–water partition coefficient (Wildman–Crippen LogP) is 4.20. The van der Waals surface area contributed by atoms with Gasteiger partial charge < -0.3 is 0 Å². The lowest BCUT2D eigenvalue weighted by Gasteiger charge is -2.05. The Balaban J connectivity index is 2.46. The van der Waals surface area contributed by atoms with Crippen molar-refractivity contribution in [3.8, 4) is 11.4 Å². The molecular weight excluding hydrogens is 251 g/mol. The number of aryl methyl sites for hydroxylation is 2. The Bertz CT molecular complexity index is 570. The third-order valence-electron chi connectivity index (χ3n) is 2.67. The Morgan fingerprint density at radius 1 is 1.22 bits per heavy atom. The van der Waals surface area contributed by atoms with Crippen molar-refractivity contribution >= 4 is 11.6 Å². The predicted molar refractivity (Wildman–Crippen MR) is 71.2 cm³/mol. The molecule has 0 saturated heterocycles. The van der Waals surface area contributed by atoms with E-state index in [2.05, 4.69) is 16.9 Å². The smallest absolute Gasteiger partial charge is 0.161 e. The van der Waals surface area contributed by atoms with Gasteiger partial charge in [-0.1, -0.05) is 24.9 Å². The Morgan fingerprint density at radius 2 is 2.00 bits per heavy atom. The van der Waals surface area contributed by atoms with Gasteiger partial charge in [-0.15, -0.1) is 0 Å². The number of halogens is 2. The summed E-state index contributed by atoms with van der Waals surface area (Å²) in [6.45, 7) is 3.80. The van der Waals surface area contributed by atoms with Gasteiger partial charge in [-0.3, -0.25) is 0 Å². The fraction of sp³-hybridized carbons (Fsp3) is 0.286. The van der Waals surface area contributed by atoms with E-state index in [1.54, 1.807) is 25.1 Å². The first kappa shape index (κ1) is 13.0. The second-order valence-corrected chi connectivity index (χ2v) is 4.61. The summed E-state index contributed by atoms with van der Waals surface area (Å²) >= 11 is 5.98. The standard InChI is InChI=1S/C14H14ClFN2/c1-3-4-11-8-13(15)18-14(17-11)10-5-6-12(16)9(2)7-10/h5-8H,3-4H2,1-2H3. The summed E-state index contributed by atoms with van der Waals surface area (Å²) in [5.74, 6) is 0.323. The highest BCUT2D eigenvalue weighted by atomic mass is 35.5. The van der Waals surface area contributed by atoms with Crippen LogP contribution in [0.5, 0.6) is 0 Å². The van der Waals surface area contributed by atoms with Crippen LogP contribution in [-0.2, 0) is 6.42 Å². The van der Waals surface area contributed by atoms with Crippen molar-refractivity contribution in [2.75, 3.05) is 0 Å². The molecule has 2 rings (SSSR count). The largest absolute Gasteiger partial charge is 0.233 e. The summed E-state index contributed by atoms with van der Waals surface area (Å²) in [6.07, 6.45) is 1.85. The van der Waals surface area contributed by atoms with Gasteiger partial charge in [0.15, 0.2) is 5.82 Å². The molecule has 0 N–H and O–H groups in total. The lowest BCUT2D eigenvalue weighted by Crippen LogP contribution is -1.96. The zero-order chi connectivity index (χ0) is 13.1. The van der Waals surface area contributed by atoms with Crippen LogP contribution in [0.1, 0.15) is 24.6 Å². The highest BCUT2D eigenvalue weighted by molar-refractivity contribution is 6.29. The normalized spacial score (nSPS) is 10.7. The molecule has 18 heavy (non-hydrogen) atoms. The number of aromatic nitrogens is 2. The molecule has 0 aliphatic rings. The lowest BCUT2D eigenvalue weighted by molar-refractivity contribution is 0.618. The third kappa shape index (κ3) is 2.85. The van der Waals surface area contributed by atoms with Gasteiger partial charge in [0.05, 0.1) is 0 Å². The number of hydrogen-bond acceptors (Lipinski definition) is 2. The SMILES string of the molecule is CCCc1cc(Cl)nc(-c2ccc(F)c(C)c2)n1. The average molecular weight is 265 g/mol. The molecule has 2 aromatic rings. The van der Waals surface area contributed by atoms with Gasteiger partial charge in [-0.25, -0.2) is 14.4 Å². The van der Waals surface area contributed by atoms with Crippen molar-refractivity contribution in [1.82, 2.24) is 9.97 Å². The van der Waals surface area contributed by atoms with Crippen molar-refractivity contribution in [2.24, 2.45) is 0 Å². The molecule has 0 saturated carbocycles. The van der Waals surface area contributed by atoms with Crippen LogP contribution in [0.15, 0.2) is 24.3 Å². The Kier molecular flexibility index (Phi) is 3.92. The van der Waals surface area contributed by atoms with E-state index in [0.29, 0.717) is 16.5 Å². The Hall–Kier alpha value is -1.48. The van der Waals surface area contributed by atoms with Crippen LogP contribution in [-0.4, -0.2) is 9.97 Å². The van der Waals surface area contributed by atoms with Gasteiger partial charge in [0.1, 0.15) is 11.0 Å². The quantitative estimate of drug-likeness (QED) is 0.777. The summed E-state index contributed by atoms with van der Waals surface area (Å²) in [6, 6.07) is 6.60. The van der Waals surface area contributed by atoms with Gasteiger partial charge >= 0.3 is 0 Å². The van der Waals surface area contributed by atoms with Crippen LogP contribution >= 0.6 is 11.6 Å². The van der Waals surface area contributed by atoms with E-state index in [9.17, 15) is 4.39 Å². The maximum atomic E-state index is 13.2. The molecule has 0 fully saturated rings. The minimum atomic E-state index is -0.227. The molecular formula is C14H14ClFN2. The minimum Gasteiger partial charge on any atom is -0.233 e. The highest BCUT2D eigenvalue weighted by Crippen LogP contribution is 2.21. The Morgan fingerprint density at radius 3 is 2.67 bits per heavy atom. The molecule has 0 amide bonds. The van der Waals surface area contributed by atoms with Crippen LogP contribution in [0.4, 0.5) is 4.39 Å². The van der Waals surface area contributed by atoms with Gasteiger partial charge in [0.2, 0.25) is 0 Å². The topological polar surface area (TPSA) is 25.8 Å². The molecule has 2 nitrogen and oxygen atoms in total. The molecule has 0 aliphatic heterocycles. The average Bonchev–Trinajstić information content (AvgIpc) is 2.32. The first-order valence-corrected chi connectivity index (χ1v) is 6.28. The van der Waals surface area contributed by atoms with Crippen LogP contribution in [0.25, 0.3) is 11.4 Å². The molecule has 0 aliphatic carbocycles. The summed E-state index contributed by atoms with van der Waals surface area (Å²) < 4.78 is 13.2. The first-order valence-electron chi connectivity index (χ1n) is 5.90. The molecule has 0 bridgehead atoms. The molecule has 0 radical (unpaired) electrons. The molecule has 1 aromatic carbocycles. The van der Waals surface area contributed by atoms with Gasteiger partial charge in [0, 0.05) is 11.3 Å². The van der Waals surface area contributed by atoms with Crippen LogP contribution < -0.4 is 0 Å². The molecule has 1 heterocycles. The molecule has 0 unspecified atom stereocenters. The fourth-order valence-corrected chi connectivity index (χ4v) is 1.97. The van der Waals surface area contributed by atoms with Crippen molar-refractivity contribution in [1.29, 1.82) is 0 Å². The number of nitrogens with zero attached hydrogens (tertiary/aromatic N) is 2. The summed E-state index contributed by atoms with van der Waals surface area (Å²) in [4.78, 5) is 8.64. The van der Waals surface area contributed by atoms with E-state index < -0.39 is 0 Å². The molecule has 0 spiro atoms. The maximum Gasteiger partial charge on any atom is 0.161 e. The van der Waals surface area contributed by atoms with E-state index in [-0.39, 0.29) is 5.82 Å². The van der Waals surface area contributed by atoms with Crippen LogP contribution in [0.3, 0.4) is 0 Å². The second kappa shape index (κ2) is 5.44. The zero-order valence-corrected chi connectivity index (χ0v) is 11.1. The van der Waals surface area contributed by atoms with Crippen LogP contribution in [0, 0.1) is 12.7 Å². The number of hydrogen-bond donors (Lipinski definition) is 0. The van der Waals surface area contributed by atoms with Crippen molar-refractivity contribution in [3.63, 3.8) is 0 Å². The minimum absolute atomic E-state index is 0.227. The van der Waals surface area contributed by atoms with Gasteiger partial charge in [-0.2, -0.15) is 0 Å². The summed E-state index contributed by atoms with van der Waals surface area (Å²) in [7, 11) is 0. The molecule has 0 atom stereocenters. The van der Waals surface area contributed by atoms with Crippen molar-refractivity contribution in [3.05, 3.63) is 46.5 Å². The van der Waals surface area contributed by atoms with Gasteiger partial charge in [-0.05, 0) is 43.2 Å². The van der Waals surface area contributed by atoms with Crippen molar-refractivity contribution in [2.45, 2.75) is 26.7 Å². The number of rotatable bonds is 3. The maximum absolute atomic E-state index is 13.2. The lowest BCUT2D eigenvalue weighted by atomic mass is 10.1. The van der Waals surface area contributed by atoms with E-state index in [4.69, 9.17) is 11.6 Å². The molecule has 4 heteroatoms. The number of benzene rings is 1. The van der Waals surface area contributed by atoms with E-state index in [1.165, 1.54) is 6.07 Å². The summed E-state index contributed by atoms with van der Waals surface area (Å²) in [5.41, 5.74) is 2.27. The fourth-order valence-electron chi connectivity index (χ4n) is 1.76. The van der Waals surface area contributed by atoms with Crippen LogP contribution in [0.2, 0.25) is 5.15 Å². The Labute approximate surface area is 111 Å². The second-order valence-electron chi connectivity index (χ2n) is 4.22. The zero-order valence-electron chi connectivity index (χ0n) is 10.4. The van der Waals surface area contributed by atoms with Crippen molar-refractivity contribution < 1.29 is 4.39 Å². The third-order valence-corrected chi connectivity index (χ3v) is 2.86. The molecule has 1 aromatic heterocycles. The van der Waals surface area contributed by atoms with E-state index >= 15 is 0 Å². The molecule has 94 valence electrons. The summed E-state index contributed by atoms with van der Waals surface area (Å²) in [5, 5.41) is 0.422. The highest BCUT2D eigenvalue weighted by Gasteiger charge is 2.07. The van der Waals surface area contributed by atoms with Gasteiger partial charge in [0.25, 0.3) is 0 Å².